The van der Waals surface area contributed by atoms with Crippen LogP contribution in [0.1, 0.15) is 23.3 Å². The zero-order chi connectivity index (χ0) is 20.2. The largest absolute Gasteiger partial charge is 0.336 e. The summed E-state index contributed by atoms with van der Waals surface area (Å²) in [5.41, 5.74) is 1.64. The van der Waals surface area contributed by atoms with Crippen molar-refractivity contribution in [3.63, 3.8) is 0 Å². The number of likely N-dealkylation sites (tertiary alicyclic amines) is 1. The van der Waals surface area contributed by atoms with E-state index in [1.807, 2.05) is 42.5 Å². The molecule has 0 spiro atoms. The van der Waals surface area contributed by atoms with Crippen LogP contribution < -0.4 is 5.32 Å². The molecule has 148 valence electrons. The summed E-state index contributed by atoms with van der Waals surface area (Å²) in [5.74, 6) is -0.569. The van der Waals surface area contributed by atoms with Gasteiger partial charge in [0.15, 0.2) is 5.69 Å². The Hall–Kier alpha value is -3.19. The topological polar surface area (TPSA) is 80.1 Å². The molecule has 0 aliphatic carbocycles. The van der Waals surface area contributed by atoms with Crippen LogP contribution in [0.25, 0.3) is 5.69 Å². The van der Waals surface area contributed by atoms with E-state index in [4.69, 9.17) is 11.6 Å². The Bertz CT molecular complexity index is 1020. The van der Waals surface area contributed by atoms with Crippen LogP contribution in [0.4, 0.5) is 5.69 Å². The van der Waals surface area contributed by atoms with Gasteiger partial charge in [0.2, 0.25) is 5.91 Å². The second kappa shape index (κ2) is 8.45. The molecule has 1 N–H and O–H groups in total. The van der Waals surface area contributed by atoms with Gasteiger partial charge in [0.05, 0.1) is 22.8 Å². The molecule has 2 amide bonds. The summed E-state index contributed by atoms with van der Waals surface area (Å²) >= 11 is 6.19. The number of para-hydroxylation sites is 2. The Morgan fingerprint density at radius 2 is 1.83 bits per heavy atom. The summed E-state index contributed by atoms with van der Waals surface area (Å²) in [5, 5.41) is 11.5. The first-order chi connectivity index (χ1) is 14.1. The van der Waals surface area contributed by atoms with Crippen molar-refractivity contribution in [2.75, 3.05) is 18.4 Å². The van der Waals surface area contributed by atoms with Crippen LogP contribution in [-0.4, -0.2) is 44.8 Å². The number of nitrogens with zero attached hydrogens (tertiary/aromatic N) is 4. The number of halogens is 1. The van der Waals surface area contributed by atoms with Crippen LogP contribution in [-0.2, 0) is 4.79 Å². The number of aromatic nitrogens is 3. The molecule has 7 nitrogen and oxygen atoms in total. The van der Waals surface area contributed by atoms with Crippen molar-refractivity contribution in [3.05, 3.63) is 71.5 Å². The van der Waals surface area contributed by atoms with E-state index in [1.54, 1.807) is 23.2 Å². The first-order valence-electron chi connectivity index (χ1n) is 9.44. The van der Waals surface area contributed by atoms with E-state index in [2.05, 4.69) is 15.6 Å². The van der Waals surface area contributed by atoms with Crippen LogP contribution in [0.3, 0.4) is 0 Å². The monoisotopic (exact) mass is 409 g/mol. The second-order valence-electron chi connectivity index (χ2n) is 6.95. The van der Waals surface area contributed by atoms with Crippen LogP contribution in [0.15, 0.2) is 60.8 Å². The smallest absolute Gasteiger partial charge is 0.276 e. The molecule has 0 bridgehead atoms. The number of hydrogen-bond donors (Lipinski definition) is 1. The Labute approximate surface area is 173 Å². The first-order valence-corrected chi connectivity index (χ1v) is 9.82. The first kappa shape index (κ1) is 19.1. The summed E-state index contributed by atoms with van der Waals surface area (Å²) in [4.78, 5) is 27.2. The predicted molar refractivity (Wildman–Crippen MR) is 110 cm³/mol. The number of nitrogens with one attached hydrogen (secondary N) is 1. The third-order valence-corrected chi connectivity index (χ3v) is 5.25. The standard InChI is InChI=1S/C21H20ClN5O2/c22-17-10-4-5-11-19(17)27-14-18(24-25-27)21(29)26-12-6-7-15(13-26)20(28)23-16-8-2-1-3-9-16/h1-5,8-11,14-15H,6-7,12-13H2,(H,23,28). The predicted octanol–water partition coefficient (Wildman–Crippen LogP) is 3.41. The SMILES string of the molecule is O=C(Nc1ccccc1)C1CCCN(C(=O)c2cn(-c3ccccc3Cl)nn2)C1. The van der Waals surface area contributed by atoms with Gasteiger partial charge in [0.1, 0.15) is 0 Å². The Morgan fingerprint density at radius 3 is 2.62 bits per heavy atom. The van der Waals surface area contributed by atoms with Crippen molar-refractivity contribution in [1.29, 1.82) is 0 Å². The molecule has 8 heteroatoms. The van der Waals surface area contributed by atoms with Crippen LogP contribution >= 0.6 is 11.6 Å². The van der Waals surface area contributed by atoms with Gasteiger partial charge in [0, 0.05) is 18.8 Å². The second-order valence-corrected chi connectivity index (χ2v) is 7.35. The minimum absolute atomic E-state index is 0.0755. The Morgan fingerprint density at radius 1 is 1.07 bits per heavy atom. The lowest BCUT2D eigenvalue weighted by atomic mass is 9.96. The van der Waals surface area contributed by atoms with Gasteiger partial charge in [0.25, 0.3) is 5.91 Å². The zero-order valence-electron chi connectivity index (χ0n) is 15.7. The summed E-state index contributed by atoms with van der Waals surface area (Å²) in [6.07, 6.45) is 3.07. The third kappa shape index (κ3) is 4.30. The van der Waals surface area contributed by atoms with Gasteiger partial charge in [-0.1, -0.05) is 47.1 Å². The molecule has 1 fully saturated rings. The van der Waals surface area contributed by atoms with Crippen LogP contribution in [0, 0.1) is 5.92 Å². The fraction of sp³-hybridized carbons (Fsp3) is 0.238. The van der Waals surface area contributed by atoms with Gasteiger partial charge in [-0.25, -0.2) is 4.68 Å². The molecule has 0 radical (unpaired) electrons. The van der Waals surface area contributed by atoms with Gasteiger partial charge in [-0.05, 0) is 37.1 Å². The molecule has 1 aliphatic heterocycles. The van der Waals surface area contributed by atoms with E-state index in [0.29, 0.717) is 23.8 Å². The fourth-order valence-corrected chi connectivity index (χ4v) is 3.64. The number of rotatable bonds is 4. The molecular weight excluding hydrogens is 390 g/mol. The number of carbonyl (C=O) groups is 2. The molecule has 1 unspecified atom stereocenters. The number of benzene rings is 2. The number of piperidine rings is 1. The molecule has 4 rings (SSSR count). The van der Waals surface area contributed by atoms with Gasteiger partial charge in [-0.2, -0.15) is 0 Å². The lowest BCUT2D eigenvalue weighted by Crippen LogP contribution is -2.43. The molecule has 0 saturated carbocycles. The van der Waals surface area contributed by atoms with Crippen molar-refractivity contribution in [2.45, 2.75) is 12.8 Å². The highest BCUT2D eigenvalue weighted by Gasteiger charge is 2.30. The number of anilines is 1. The van der Waals surface area contributed by atoms with Crippen molar-refractivity contribution in [2.24, 2.45) is 5.92 Å². The van der Waals surface area contributed by atoms with E-state index in [1.165, 1.54) is 4.68 Å². The number of hydrogen-bond acceptors (Lipinski definition) is 4. The average molecular weight is 410 g/mol. The Kier molecular flexibility index (Phi) is 5.57. The van der Waals surface area contributed by atoms with Crippen molar-refractivity contribution in [3.8, 4) is 5.69 Å². The molecule has 1 saturated heterocycles. The van der Waals surface area contributed by atoms with Crippen molar-refractivity contribution in [1.82, 2.24) is 19.9 Å². The van der Waals surface area contributed by atoms with E-state index in [-0.39, 0.29) is 23.4 Å². The molecule has 1 aliphatic rings. The molecule has 1 atom stereocenters. The summed E-state index contributed by atoms with van der Waals surface area (Å²) in [6, 6.07) is 16.5. The fourth-order valence-electron chi connectivity index (χ4n) is 3.42. The van der Waals surface area contributed by atoms with Gasteiger partial charge < -0.3 is 10.2 Å². The normalized spacial score (nSPS) is 16.4. The molecular formula is C21H20ClN5O2. The van der Waals surface area contributed by atoms with E-state index in [0.717, 1.165) is 18.5 Å². The zero-order valence-corrected chi connectivity index (χ0v) is 16.4. The van der Waals surface area contributed by atoms with Gasteiger partial charge >= 0.3 is 0 Å². The van der Waals surface area contributed by atoms with E-state index >= 15 is 0 Å². The quantitative estimate of drug-likeness (QED) is 0.716. The van der Waals surface area contributed by atoms with Gasteiger partial charge in [-0.15, -0.1) is 5.10 Å². The van der Waals surface area contributed by atoms with Crippen molar-refractivity contribution >= 4 is 29.1 Å². The Balaban J connectivity index is 1.44. The van der Waals surface area contributed by atoms with E-state index in [9.17, 15) is 9.59 Å². The highest BCUT2D eigenvalue weighted by molar-refractivity contribution is 6.32. The number of carbonyl (C=O) groups excluding carboxylic acids is 2. The van der Waals surface area contributed by atoms with Crippen LogP contribution in [0.5, 0.6) is 0 Å². The molecule has 2 aromatic carbocycles. The minimum Gasteiger partial charge on any atom is -0.336 e. The summed E-state index contributed by atoms with van der Waals surface area (Å²) in [6.45, 7) is 0.948. The molecule has 1 aromatic heterocycles. The lowest BCUT2D eigenvalue weighted by Gasteiger charge is -2.31. The van der Waals surface area contributed by atoms with Crippen molar-refractivity contribution < 1.29 is 9.59 Å². The maximum Gasteiger partial charge on any atom is 0.276 e. The maximum absolute atomic E-state index is 12.9. The third-order valence-electron chi connectivity index (χ3n) is 4.93. The maximum atomic E-state index is 12.9. The molecule has 29 heavy (non-hydrogen) atoms. The highest BCUT2D eigenvalue weighted by Crippen LogP contribution is 2.22. The average Bonchev–Trinajstić information content (AvgIpc) is 3.24. The number of amides is 2. The summed E-state index contributed by atoms with van der Waals surface area (Å²) in [7, 11) is 0. The lowest BCUT2D eigenvalue weighted by molar-refractivity contribution is -0.121. The summed E-state index contributed by atoms with van der Waals surface area (Å²) < 4.78 is 1.49. The molecule has 2 heterocycles. The highest BCUT2D eigenvalue weighted by atomic mass is 35.5. The molecule has 3 aromatic rings. The van der Waals surface area contributed by atoms with E-state index < -0.39 is 0 Å². The minimum atomic E-state index is -0.258. The van der Waals surface area contributed by atoms with Gasteiger partial charge in [-0.3, -0.25) is 9.59 Å². The van der Waals surface area contributed by atoms with Crippen LogP contribution in [0.2, 0.25) is 5.02 Å².